The van der Waals surface area contributed by atoms with Crippen LogP contribution in [-0.2, 0) is 12.0 Å². The van der Waals surface area contributed by atoms with Gasteiger partial charge in [-0.05, 0) is 30.9 Å². The largest absolute Gasteiger partial charge is 0.415 e. The van der Waals surface area contributed by atoms with E-state index in [2.05, 4.69) is 20.8 Å². The van der Waals surface area contributed by atoms with Crippen LogP contribution in [0.2, 0.25) is 0 Å². The molecule has 128 valence electrons. The van der Waals surface area contributed by atoms with E-state index < -0.39 is 23.8 Å². The van der Waals surface area contributed by atoms with E-state index in [-0.39, 0.29) is 18.4 Å². The number of halogens is 3. The Morgan fingerprint density at radius 2 is 2.12 bits per heavy atom. The molecule has 1 aromatic heterocycles. The lowest BCUT2D eigenvalue weighted by Crippen LogP contribution is -2.57. The Morgan fingerprint density at radius 1 is 1.38 bits per heavy atom. The van der Waals surface area contributed by atoms with Crippen LogP contribution >= 0.6 is 0 Å². The molecule has 5 nitrogen and oxygen atoms in total. The quantitative estimate of drug-likeness (QED) is 0.804. The molecule has 0 radical (unpaired) electrons. The van der Waals surface area contributed by atoms with Gasteiger partial charge in [-0.1, -0.05) is 24.3 Å². The van der Waals surface area contributed by atoms with Gasteiger partial charge in [0.2, 0.25) is 0 Å². The standard InChI is InChI=1S/C16H17F3N4O/c1-10(12-8-20-21-9-12)22-14(24)23-15(16(17,18)19)7-6-11-4-2-3-5-13(11)15/h2-5,8-10H,6-7H2,1H3,(H,20,21)(H2,22,23,24). The Bertz CT molecular complexity index is 729. The summed E-state index contributed by atoms with van der Waals surface area (Å²) in [7, 11) is 0. The van der Waals surface area contributed by atoms with Crippen LogP contribution in [0.3, 0.4) is 0 Å². The Hall–Kier alpha value is -2.51. The predicted octanol–water partition coefficient (Wildman–Crippen LogP) is 3.17. The van der Waals surface area contributed by atoms with Crippen LogP contribution in [-0.4, -0.2) is 22.4 Å². The first-order chi connectivity index (χ1) is 11.3. The van der Waals surface area contributed by atoms with Crippen LogP contribution in [0.4, 0.5) is 18.0 Å². The SMILES string of the molecule is CC(NC(=O)NC1(C(F)(F)F)CCc2ccccc21)c1cn[nH]c1. The molecule has 1 heterocycles. The lowest BCUT2D eigenvalue weighted by Gasteiger charge is -2.34. The van der Waals surface area contributed by atoms with E-state index >= 15 is 0 Å². The fourth-order valence-corrected chi connectivity index (χ4v) is 3.11. The average Bonchev–Trinajstić information content (AvgIpc) is 3.15. The maximum Gasteiger partial charge on any atom is 0.415 e. The van der Waals surface area contributed by atoms with Crippen molar-refractivity contribution >= 4 is 6.03 Å². The Kier molecular flexibility index (Phi) is 3.98. The number of hydrogen-bond donors (Lipinski definition) is 3. The van der Waals surface area contributed by atoms with Gasteiger partial charge in [0.1, 0.15) is 0 Å². The Balaban J connectivity index is 1.83. The first-order valence-electron chi connectivity index (χ1n) is 7.56. The molecule has 3 N–H and O–H groups in total. The van der Waals surface area contributed by atoms with E-state index in [9.17, 15) is 18.0 Å². The molecular formula is C16H17F3N4O. The second kappa shape index (κ2) is 5.85. The third kappa shape index (κ3) is 2.72. The van der Waals surface area contributed by atoms with Gasteiger partial charge < -0.3 is 10.6 Å². The van der Waals surface area contributed by atoms with Crippen molar-refractivity contribution in [3.63, 3.8) is 0 Å². The molecule has 0 fully saturated rings. The van der Waals surface area contributed by atoms with Gasteiger partial charge in [-0.15, -0.1) is 0 Å². The number of aryl methyl sites for hydroxylation is 1. The van der Waals surface area contributed by atoms with Crippen molar-refractivity contribution in [3.05, 3.63) is 53.3 Å². The highest BCUT2D eigenvalue weighted by molar-refractivity contribution is 5.76. The highest BCUT2D eigenvalue weighted by Gasteiger charge is 2.59. The topological polar surface area (TPSA) is 69.8 Å². The van der Waals surface area contributed by atoms with Gasteiger partial charge in [0.15, 0.2) is 5.54 Å². The molecule has 1 aliphatic carbocycles. The second-order valence-electron chi connectivity index (χ2n) is 5.91. The van der Waals surface area contributed by atoms with E-state index in [1.807, 2.05) is 0 Å². The van der Waals surface area contributed by atoms with Gasteiger partial charge in [0.25, 0.3) is 0 Å². The van der Waals surface area contributed by atoms with Crippen molar-refractivity contribution in [1.82, 2.24) is 20.8 Å². The smallest absolute Gasteiger partial charge is 0.332 e. The number of fused-ring (bicyclic) bond motifs is 1. The van der Waals surface area contributed by atoms with Gasteiger partial charge in [-0.2, -0.15) is 18.3 Å². The molecule has 3 rings (SSSR count). The summed E-state index contributed by atoms with van der Waals surface area (Å²) in [6.07, 6.45) is -1.43. The van der Waals surface area contributed by atoms with Crippen molar-refractivity contribution in [2.24, 2.45) is 0 Å². The third-order valence-electron chi connectivity index (χ3n) is 4.42. The van der Waals surface area contributed by atoms with Crippen molar-refractivity contribution < 1.29 is 18.0 Å². The predicted molar refractivity (Wildman–Crippen MR) is 81.2 cm³/mol. The monoisotopic (exact) mass is 338 g/mol. The molecule has 0 bridgehead atoms. The normalized spacial score (nSPS) is 21.2. The zero-order chi connectivity index (χ0) is 17.4. The number of nitrogens with zero attached hydrogens (tertiary/aromatic N) is 1. The molecule has 0 aliphatic heterocycles. The number of amides is 2. The third-order valence-corrected chi connectivity index (χ3v) is 4.42. The number of H-pyrrole nitrogens is 1. The number of aromatic amines is 1. The van der Waals surface area contributed by atoms with E-state index in [0.29, 0.717) is 11.1 Å². The fraction of sp³-hybridized carbons (Fsp3) is 0.375. The van der Waals surface area contributed by atoms with Crippen LogP contribution < -0.4 is 10.6 Å². The van der Waals surface area contributed by atoms with Gasteiger partial charge >= 0.3 is 12.2 Å². The molecule has 0 saturated carbocycles. The zero-order valence-electron chi connectivity index (χ0n) is 12.9. The van der Waals surface area contributed by atoms with Crippen LogP contribution in [0.15, 0.2) is 36.7 Å². The number of benzene rings is 1. The minimum absolute atomic E-state index is 0.114. The number of hydrogen-bond acceptors (Lipinski definition) is 2. The molecule has 1 aliphatic rings. The summed E-state index contributed by atoms with van der Waals surface area (Å²) in [5, 5.41) is 11.1. The van der Waals surface area contributed by atoms with Crippen LogP contribution in [0.5, 0.6) is 0 Å². The van der Waals surface area contributed by atoms with Gasteiger partial charge in [0.05, 0.1) is 12.2 Å². The second-order valence-corrected chi connectivity index (χ2v) is 5.91. The highest BCUT2D eigenvalue weighted by atomic mass is 19.4. The molecule has 0 spiro atoms. The zero-order valence-corrected chi connectivity index (χ0v) is 12.9. The van der Waals surface area contributed by atoms with E-state index in [4.69, 9.17) is 0 Å². The van der Waals surface area contributed by atoms with Gasteiger partial charge in [0, 0.05) is 11.8 Å². The van der Waals surface area contributed by atoms with E-state index in [0.717, 1.165) is 0 Å². The van der Waals surface area contributed by atoms with E-state index in [1.165, 1.54) is 12.3 Å². The minimum Gasteiger partial charge on any atom is -0.332 e. The summed E-state index contributed by atoms with van der Waals surface area (Å²) in [6, 6.07) is 5.01. The fourth-order valence-electron chi connectivity index (χ4n) is 3.11. The number of alkyl halides is 3. The Morgan fingerprint density at radius 3 is 2.79 bits per heavy atom. The summed E-state index contributed by atoms with van der Waals surface area (Å²) in [4.78, 5) is 12.2. The number of carbonyl (C=O) groups excluding carboxylic acids is 1. The minimum atomic E-state index is -4.59. The lowest BCUT2D eigenvalue weighted by atomic mass is 9.91. The van der Waals surface area contributed by atoms with E-state index in [1.54, 1.807) is 31.3 Å². The van der Waals surface area contributed by atoms with Crippen LogP contribution in [0.1, 0.15) is 36.1 Å². The Labute approximate surface area is 136 Å². The molecule has 2 atom stereocenters. The summed E-state index contributed by atoms with van der Waals surface area (Å²) in [5.74, 6) is 0. The van der Waals surface area contributed by atoms with Crippen molar-refractivity contribution in [3.8, 4) is 0 Å². The number of rotatable bonds is 3. The number of nitrogens with one attached hydrogen (secondary N) is 3. The summed E-state index contributed by atoms with van der Waals surface area (Å²) >= 11 is 0. The summed E-state index contributed by atoms with van der Waals surface area (Å²) in [6.45, 7) is 1.67. The average molecular weight is 338 g/mol. The van der Waals surface area contributed by atoms with Crippen molar-refractivity contribution in [1.29, 1.82) is 0 Å². The first-order valence-corrected chi connectivity index (χ1v) is 7.56. The summed E-state index contributed by atoms with van der Waals surface area (Å²) < 4.78 is 41.4. The molecule has 2 aromatic rings. The van der Waals surface area contributed by atoms with Gasteiger partial charge in [-0.3, -0.25) is 5.10 Å². The molecule has 2 unspecified atom stereocenters. The number of urea groups is 1. The molecule has 0 saturated heterocycles. The highest BCUT2D eigenvalue weighted by Crippen LogP contribution is 2.47. The molecular weight excluding hydrogens is 321 g/mol. The van der Waals surface area contributed by atoms with Crippen LogP contribution in [0.25, 0.3) is 0 Å². The maximum absolute atomic E-state index is 13.8. The number of aromatic nitrogens is 2. The lowest BCUT2D eigenvalue weighted by molar-refractivity contribution is -0.196. The molecule has 1 aromatic carbocycles. The molecule has 2 amide bonds. The molecule has 24 heavy (non-hydrogen) atoms. The van der Waals surface area contributed by atoms with Crippen molar-refractivity contribution in [2.75, 3.05) is 0 Å². The first kappa shape index (κ1) is 16.4. The molecule has 8 heteroatoms. The maximum atomic E-state index is 13.8. The summed E-state index contributed by atoms with van der Waals surface area (Å²) in [5.41, 5.74) is -0.955. The number of carbonyl (C=O) groups is 1. The van der Waals surface area contributed by atoms with Crippen LogP contribution in [0, 0.1) is 0 Å². The van der Waals surface area contributed by atoms with Crippen molar-refractivity contribution in [2.45, 2.75) is 37.5 Å². The van der Waals surface area contributed by atoms with Gasteiger partial charge in [-0.25, -0.2) is 4.79 Å².